The zero-order valence-electron chi connectivity index (χ0n) is 8.84. The molecule has 0 aliphatic heterocycles. The first kappa shape index (κ1) is 12.3. The Bertz CT molecular complexity index is 562. The molecule has 2 rings (SSSR count). The fraction of sp³-hybridized carbons (Fsp3) is 0.0909. The average Bonchev–Trinajstić information content (AvgIpc) is 2.30. The van der Waals surface area contributed by atoms with Crippen molar-refractivity contribution in [3.63, 3.8) is 0 Å². The normalized spacial score (nSPS) is 10.4. The molecule has 1 N–H and O–H groups in total. The molecule has 88 valence electrons. The number of anilines is 2. The minimum Gasteiger partial charge on any atom is -0.340 e. The second kappa shape index (κ2) is 4.98. The molecule has 0 aliphatic rings. The van der Waals surface area contributed by atoms with Gasteiger partial charge in [-0.3, -0.25) is 0 Å². The van der Waals surface area contributed by atoms with Gasteiger partial charge in [-0.25, -0.2) is 14.4 Å². The van der Waals surface area contributed by atoms with Crippen molar-refractivity contribution in [1.82, 2.24) is 9.97 Å². The van der Waals surface area contributed by atoms with Crippen LogP contribution in [0.1, 0.15) is 5.56 Å². The highest BCUT2D eigenvalue weighted by molar-refractivity contribution is 9.10. The molecular weight excluding hydrogens is 308 g/mol. The molecule has 1 heterocycles. The third-order valence-electron chi connectivity index (χ3n) is 2.20. The molecule has 2 aromatic rings. The monoisotopic (exact) mass is 315 g/mol. The van der Waals surface area contributed by atoms with E-state index >= 15 is 0 Å². The van der Waals surface area contributed by atoms with Crippen LogP contribution in [-0.2, 0) is 0 Å². The minimum atomic E-state index is -0.312. The van der Waals surface area contributed by atoms with E-state index in [2.05, 4.69) is 31.2 Å². The number of aromatic nitrogens is 2. The summed E-state index contributed by atoms with van der Waals surface area (Å²) in [6.07, 6.45) is 1.37. The van der Waals surface area contributed by atoms with Crippen molar-refractivity contribution in [3.8, 4) is 0 Å². The number of rotatable bonds is 2. The van der Waals surface area contributed by atoms with Gasteiger partial charge in [-0.15, -0.1) is 0 Å². The Labute approximate surface area is 111 Å². The fourth-order valence-corrected chi connectivity index (χ4v) is 1.78. The molecule has 0 unspecified atom stereocenters. The molecule has 0 saturated carbocycles. The first-order valence-electron chi connectivity index (χ1n) is 4.77. The molecule has 0 bridgehead atoms. The van der Waals surface area contributed by atoms with Gasteiger partial charge in [0, 0.05) is 11.3 Å². The third kappa shape index (κ3) is 2.73. The van der Waals surface area contributed by atoms with E-state index in [4.69, 9.17) is 11.6 Å². The number of hydrogen-bond acceptors (Lipinski definition) is 3. The van der Waals surface area contributed by atoms with E-state index in [9.17, 15) is 4.39 Å². The van der Waals surface area contributed by atoms with Gasteiger partial charge in [-0.05, 0) is 41.1 Å². The van der Waals surface area contributed by atoms with Gasteiger partial charge in [0.15, 0.2) is 0 Å². The van der Waals surface area contributed by atoms with Gasteiger partial charge in [-0.2, -0.15) is 0 Å². The topological polar surface area (TPSA) is 37.8 Å². The molecule has 0 spiro atoms. The third-order valence-corrected chi connectivity index (χ3v) is 3.19. The number of halogens is 3. The van der Waals surface area contributed by atoms with Crippen LogP contribution in [-0.4, -0.2) is 9.97 Å². The highest BCUT2D eigenvalue weighted by Crippen LogP contribution is 2.25. The van der Waals surface area contributed by atoms with Crippen molar-refractivity contribution in [3.05, 3.63) is 45.5 Å². The van der Waals surface area contributed by atoms with Crippen LogP contribution in [0.3, 0.4) is 0 Å². The lowest BCUT2D eigenvalue weighted by Gasteiger charge is -2.09. The Morgan fingerprint density at radius 3 is 2.82 bits per heavy atom. The second-order valence-electron chi connectivity index (χ2n) is 3.39. The Morgan fingerprint density at radius 1 is 1.35 bits per heavy atom. The van der Waals surface area contributed by atoms with Gasteiger partial charge in [0.05, 0.1) is 4.47 Å². The van der Waals surface area contributed by atoms with E-state index < -0.39 is 0 Å². The lowest BCUT2D eigenvalue weighted by atomic mass is 10.3. The summed E-state index contributed by atoms with van der Waals surface area (Å²) in [6.45, 7) is 1.81. The molecular formula is C11H8BrClFN3. The maximum atomic E-state index is 13.1. The van der Waals surface area contributed by atoms with Gasteiger partial charge >= 0.3 is 0 Å². The fourth-order valence-electron chi connectivity index (χ4n) is 1.27. The zero-order chi connectivity index (χ0) is 12.4. The summed E-state index contributed by atoms with van der Waals surface area (Å²) in [4.78, 5) is 7.93. The summed E-state index contributed by atoms with van der Waals surface area (Å²) in [5, 5.41) is 3.44. The van der Waals surface area contributed by atoms with Crippen LogP contribution < -0.4 is 5.32 Å². The summed E-state index contributed by atoms with van der Waals surface area (Å²) < 4.78 is 13.4. The second-order valence-corrected chi connectivity index (χ2v) is 4.60. The zero-order valence-corrected chi connectivity index (χ0v) is 11.2. The van der Waals surface area contributed by atoms with Crippen molar-refractivity contribution in [1.29, 1.82) is 0 Å². The SMILES string of the molecule is Cc1c(Cl)ncnc1Nc1ccc(F)c(Br)c1. The largest absolute Gasteiger partial charge is 0.340 e. The van der Waals surface area contributed by atoms with Gasteiger partial charge in [0.2, 0.25) is 0 Å². The van der Waals surface area contributed by atoms with Crippen molar-refractivity contribution in [2.24, 2.45) is 0 Å². The van der Waals surface area contributed by atoms with Crippen molar-refractivity contribution < 1.29 is 4.39 Å². The summed E-state index contributed by atoms with van der Waals surface area (Å²) in [7, 11) is 0. The Kier molecular flexibility index (Phi) is 3.59. The van der Waals surface area contributed by atoms with Crippen LogP contribution in [0.5, 0.6) is 0 Å². The Hall–Kier alpha value is -1.20. The maximum Gasteiger partial charge on any atom is 0.138 e. The highest BCUT2D eigenvalue weighted by atomic mass is 79.9. The molecule has 0 amide bonds. The van der Waals surface area contributed by atoms with E-state index in [1.807, 2.05) is 6.92 Å². The number of nitrogens with zero attached hydrogens (tertiary/aromatic N) is 2. The molecule has 0 fully saturated rings. The lowest BCUT2D eigenvalue weighted by Crippen LogP contribution is -1.98. The molecule has 3 nitrogen and oxygen atoms in total. The molecule has 17 heavy (non-hydrogen) atoms. The standard InChI is InChI=1S/C11H8BrClFN3/c1-6-10(13)15-5-16-11(6)17-7-2-3-9(14)8(12)4-7/h2-5H,1H3,(H,15,16,17). The van der Waals surface area contributed by atoms with Gasteiger partial charge in [0.25, 0.3) is 0 Å². The highest BCUT2D eigenvalue weighted by Gasteiger charge is 2.06. The average molecular weight is 317 g/mol. The summed E-state index contributed by atoms with van der Waals surface area (Å²) >= 11 is 8.99. The molecule has 1 aromatic heterocycles. The molecule has 0 atom stereocenters. The summed E-state index contributed by atoms with van der Waals surface area (Å²) in [6, 6.07) is 4.62. The van der Waals surface area contributed by atoms with Crippen molar-refractivity contribution >= 4 is 39.0 Å². The van der Waals surface area contributed by atoms with Crippen molar-refractivity contribution in [2.45, 2.75) is 6.92 Å². The Balaban J connectivity index is 2.31. The maximum absolute atomic E-state index is 13.1. The first-order chi connectivity index (χ1) is 8.08. The Morgan fingerprint density at radius 2 is 2.12 bits per heavy atom. The van der Waals surface area contributed by atoms with Crippen molar-refractivity contribution in [2.75, 3.05) is 5.32 Å². The number of nitrogens with one attached hydrogen (secondary N) is 1. The molecule has 0 saturated heterocycles. The van der Waals surface area contributed by atoms with Crippen LogP contribution in [0.15, 0.2) is 29.0 Å². The molecule has 6 heteroatoms. The van der Waals surface area contributed by atoms with E-state index in [1.54, 1.807) is 12.1 Å². The van der Waals surface area contributed by atoms with Crippen LogP contribution >= 0.6 is 27.5 Å². The quantitative estimate of drug-likeness (QED) is 0.848. The van der Waals surface area contributed by atoms with Crippen LogP contribution in [0.25, 0.3) is 0 Å². The van der Waals surface area contributed by atoms with Crippen LogP contribution in [0, 0.1) is 12.7 Å². The van der Waals surface area contributed by atoms with Gasteiger partial charge in [0.1, 0.15) is 23.1 Å². The first-order valence-corrected chi connectivity index (χ1v) is 5.94. The summed E-state index contributed by atoms with van der Waals surface area (Å²) in [5.74, 6) is 0.288. The smallest absolute Gasteiger partial charge is 0.138 e. The predicted octanol–water partition coefficient (Wildman–Crippen LogP) is 4.08. The minimum absolute atomic E-state index is 0.312. The molecule has 0 radical (unpaired) electrons. The van der Waals surface area contributed by atoms with Crippen LogP contribution in [0.4, 0.5) is 15.9 Å². The van der Waals surface area contributed by atoms with Crippen LogP contribution in [0.2, 0.25) is 5.15 Å². The van der Waals surface area contributed by atoms with E-state index in [-0.39, 0.29) is 5.82 Å². The number of hydrogen-bond donors (Lipinski definition) is 1. The number of benzene rings is 1. The summed E-state index contributed by atoms with van der Waals surface area (Å²) in [5.41, 5.74) is 1.46. The van der Waals surface area contributed by atoms with E-state index in [0.717, 1.165) is 11.3 Å². The van der Waals surface area contributed by atoms with Gasteiger partial charge in [-0.1, -0.05) is 11.6 Å². The lowest BCUT2D eigenvalue weighted by molar-refractivity contribution is 0.621. The van der Waals surface area contributed by atoms with E-state index in [0.29, 0.717) is 15.4 Å². The van der Waals surface area contributed by atoms with E-state index in [1.165, 1.54) is 12.4 Å². The predicted molar refractivity (Wildman–Crippen MR) is 69.2 cm³/mol. The molecule has 1 aromatic carbocycles. The molecule has 0 aliphatic carbocycles. The van der Waals surface area contributed by atoms with Gasteiger partial charge < -0.3 is 5.32 Å².